The Morgan fingerprint density at radius 2 is 1.84 bits per heavy atom. The number of sulfonamides is 1. The van der Waals surface area contributed by atoms with Crippen LogP contribution in [0.3, 0.4) is 0 Å². The first kappa shape index (κ1) is 20.6. The van der Waals surface area contributed by atoms with E-state index in [1.807, 2.05) is 47.8 Å². The summed E-state index contributed by atoms with van der Waals surface area (Å²) in [4.78, 5) is 14.2. The number of para-hydroxylation sites is 1. The van der Waals surface area contributed by atoms with Gasteiger partial charge in [0.25, 0.3) is 5.91 Å². The molecule has 0 bridgehead atoms. The quantitative estimate of drug-likeness (QED) is 0.427. The molecule has 0 aliphatic heterocycles. The number of carbonyl (C=O) groups excluding carboxylic acids is 1. The Labute approximate surface area is 189 Å². The fourth-order valence-electron chi connectivity index (χ4n) is 3.28. The van der Waals surface area contributed by atoms with Gasteiger partial charge in [-0.05, 0) is 54.6 Å². The predicted octanol–water partition coefficient (Wildman–Crippen LogP) is 4.29. The van der Waals surface area contributed by atoms with Gasteiger partial charge < -0.3 is 5.32 Å². The number of anilines is 1. The molecule has 1 amide bonds. The van der Waals surface area contributed by atoms with Gasteiger partial charge in [-0.1, -0.05) is 30.3 Å². The molecule has 0 radical (unpaired) electrons. The fraction of sp³-hybridized carbons (Fsp3) is 0.130. The molecule has 2 N–H and O–H groups in total. The summed E-state index contributed by atoms with van der Waals surface area (Å²) < 4.78 is 29.4. The number of benzene rings is 2. The first-order valence-corrected chi connectivity index (χ1v) is 12.5. The van der Waals surface area contributed by atoms with E-state index in [2.05, 4.69) is 15.1 Å². The molecule has 162 valence electrons. The number of hydrogen-bond acceptors (Lipinski definition) is 5. The zero-order chi connectivity index (χ0) is 22.1. The van der Waals surface area contributed by atoms with E-state index in [1.165, 1.54) is 23.5 Å². The number of nitrogens with zero attached hydrogens (tertiary/aromatic N) is 2. The number of rotatable bonds is 7. The van der Waals surface area contributed by atoms with E-state index < -0.39 is 10.0 Å². The minimum atomic E-state index is -3.61. The zero-order valence-corrected chi connectivity index (χ0v) is 18.6. The van der Waals surface area contributed by atoms with Crippen molar-refractivity contribution < 1.29 is 13.2 Å². The van der Waals surface area contributed by atoms with Crippen molar-refractivity contribution in [2.45, 2.75) is 23.8 Å². The van der Waals surface area contributed by atoms with Gasteiger partial charge in [-0.25, -0.2) is 17.8 Å². The van der Waals surface area contributed by atoms with Crippen LogP contribution >= 0.6 is 11.3 Å². The van der Waals surface area contributed by atoms with E-state index in [4.69, 9.17) is 0 Å². The van der Waals surface area contributed by atoms with Crippen molar-refractivity contribution in [3.8, 4) is 16.3 Å². The lowest BCUT2D eigenvalue weighted by molar-refractivity contribution is 0.102. The number of hydrogen-bond donors (Lipinski definition) is 2. The SMILES string of the molecule is O=C(Nc1cccc(S(=O)(=O)NC2CC2)c1)c1cn(-c2ccccc2)nc1-c1cccs1. The Morgan fingerprint density at radius 1 is 1.03 bits per heavy atom. The Morgan fingerprint density at radius 3 is 2.56 bits per heavy atom. The minimum Gasteiger partial charge on any atom is -0.322 e. The standard InChI is InChI=1S/C23H20N4O3S2/c28-23(24-17-6-4-9-19(14-17)32(29,30)26-16-11-12-16)20-15-27(18-7-2-1-3-8-18)25-22(20)21-10-5-13-31-21/h1-10,13-16,26H,11-12H2,(H,24,28). The first-order valence-electron chi connectivity index (χ1n) is 10.1. The topological polar surface area (TPSA) is 93.1 Å². The van der Waals surface area contributed by atoms with E-state index >= 15 is 0 Å². The average molecular weight is 465 g/mol. The van der Waals surface area contributed by atoms with Gasteiger partial charge >= 0.3 is 0 Å². The lowest BCUT2D eigenvalue weighted by atomic mass is 10.2. The minimum absolute atomic E-state index is 0.00965. The monoisotopic (exact) mass is 464 g/mol. The maximum Gasteiger partial charge on any atom is 0.259 e. The predicted molar refractivity (Wildman–Crippen MR) is 125 cm³/mol. The first-order chi connectivity index (χ1) is 15.5. The van der Waals surface area contributed by atoms with Crippen LogP contribution in [0, 0.1) is 0 Å². The van der Waals surface area contributed by atoms with E-state index in [-0.39, 0.29) is 16.8 Å². The Balaban J connectivity index is 1.46. The average Bonchev–Trinajstić information content (AvgIpc) is 3.27. The van der Waals surface area contributed by atoms with Crippen LogP contribution in [-0.4, -0.2) is 30.1 Å². The van der Waals surface area contributed by atoms with Gasteiger partial charge in [0.2, 0.25) is 10.0 Å². The molecule has 0 unspecified atom stereocenters. The lowest BCUT2D eigenvalue weighted by Gasteiger charge is -2.09. The van der Waals surface area contributed by atoms with Gasteiger partial charge in [0.15, 0.2) is 0 Å². The summed E-state index contributed by atoms with van der Waals surface area (Å²) in [5.41, 5.74) is 2.21. The van der Waals surface area contributed by atoms with Crippen LogP contribution < -0.4 is 10.0 Å². The summed E-state index contributed by atoms with van der Waals surface area (Å²) in [5.74, 6) is -0.361. The molecule has 9 heteroatoms. The molecule has 1 fully saturated rings. The smallest absolute Gasteiger partial charge is 0.259 e. The molecular formula is C23H20N4O3S2. The molecule has 5 rings (SSSR count). The highest BCUT2D eigenvalue weighted by Crippen LogP contribution is 2.29. The maximum atomic E-state index is 13.2. The van der Waals surface area contributed by atoms with Crippen LogP contribution in [0.1, 0.15) is 23.2 Å². The van der Waals surface area contributed by atoms with E-state index in [9.17, 15) is 13.2 Å². The molecule has 0 spiro atoms. The summed E-state index contributed by atoms with van der Waals surface area (Å²) in [6.07, 6.45) is 3.40. The van der Waals surface area contributed by atoms with Gasteiger partial charge in [0, 0.05) is 17.9 Å². The molecule has 2 heterocycles. The number of thiophene rings is 1. The summed E-state index contributed by atoms with van der Waals surface area (Å²) in [7, 11) is -3.61. The highest BCUT2D eigenvalue weighted by molar-refractivity contribution is 7.89. The van der Waals surface area contributed by atoms with Gasteiger partial charge in [-0.15, -0.1) is 11.3 Å². The Kier molecular flexibility index (Phi) is 5.38. The second kappa shape index (κ2) is 8.34. The molecular weight excluding hydrogens is 444 g/mol. The highest BCUT2D eigenvalue weighted by Gasteiger charge is 2.28. The van der Waals surface area contributed by atoms with Crippen molar-refractivity contribution in [3.05, 3.63) is 83.9 Å². The molecule has 32 heavy (non-hydrogen) atoms. The Hall–Kier alpha value is -3.27. The van der Waals surface area contributed by atoms with Crippen LogP contribution in [0.2, 0.25) is 0 Å². The molecule has 2 aromatic heterocycles. The number of amides is 1. The second-order valence-corrected chi connectivity index (χ2v) is 10.2. The van der Waals surface area contributed by atoms with E-state index in [0.29, 0.717) is 16.9 Å². The third-order valence-electron chi connectivity index (χ3n) is 5.04. The summed E-state index contributed by atoms with van der Waals surface area (Å²) in [6, 6.07) is 19.6. The van der Waals surface area contributed by atoms with Crippen molar-refractivity contribution in [2.75, 3.05) is 5.32 Å². The van der Waals surface area contributed by atoms with Crippen LogP contribution in [-0.2, 0) is 10.0 Å². The van der Waals surface area contributed by atoms with E-state index in [0.717, 1.165) is 23.4 Å². The van der Waals surface area contributed by atoms with Crippen molar-refractivity contribution in [1.29, 1.82) is 0 Å². The third-order valence-corrected chi connectivity index (χ3v) is 7.43. The summed E-state index contributed by atoms with van der Waals surface area (Å²) in [5, 5.41) is 9.40. The maximum absolute atomic E-state index is 13.2. The van der Waals surface area contributed by atoms with E-state index in [1.54, 1.807) is 23.0 Å². The Bertz CT molecular complexity index is 1360. The van der Waals surface area contributed by atoms with Crippen molar-refractivity contribution >= 4 is 33.0 Å². The number of carbonyl (C=O) groups is 1. The largest absolute Gasteiger partial charge is 0.322 e. The molecule has 7 nitrogen and oxygen atoms in total. The summed E-state index contributed by atoms with van der Waals surface area (Å²) in [6.45, 7) is 0. The summed E-state index contributed by atoms with van der Waals surface area (Å²) >= 11 is 1.50. The molecule has 1 saturated carbocycles. The van der Waals surface area contributed by atoms with Crippen molar-refractivity contribution in [1.82, 2.24) is 14.5 Å². The highest BCUT2D eigenvalue weighted by atomic mass is 32.2. The molecule has 1 aliphatic carbocycles. The van der Waals surface area contributed by atoms with Gasteiger partial charge in [0.1, 0.15) is 5.69 Å². The number of nitrogens with one attached hydrogen (secondary N) is 2. The van der Waals surface area contributed by atoms with Crippen molar-refractivity contribution in [2.24, 2.45) is 0 Å². The van der Waals surface area contributed by atoms with Crippen LogP contribution in [0.5, 0.6) is 0 Å². The second-order valence-electron chi connectivity index (χ2n) is 7.53. The third kappa shape index (κ3) is 4.36. The molecule has 0 atom stereocenters. The fourth-order valence-corrected chi connectivity index (χ4v) is 5.35. The van der Waals surface area contributed by atoms with Gasteiger partial charge in [-0.2, -0.15) is 5.10 Å². The molecule has 4 aromatic rings. The zero-order valence-electron chi connectivity index (χ0n) is 16.9. The molecule has 2 aromatic carbocycles. The van der Waals surface area contributed by atoms with Crippen LogP contribution in [0.4, 0.5) is 5.69 Å². The number of aromatic nitrogens is 2. The van der Waals surface area contributed by atoms with Crippen LogP contribution in [0.15, 0.2) is 83.2 Å². The molecule has 1 aliphatic rings. The van der Waals surface area contributed by atoms with Crippen molar-refractivity contribution in [3.63, 3.8) is 0 Å². The van der Waals surface area contributed by atoms with Gasteiger partial charge in [-0.3, -0.25) is 4.79 Å². The van der Waals surface area contributed by atoms with Crippen LogP contribution in [0.25, 0.3) is 16.3 Å². The lowest BCUT2D eigenvalue weighted by Crippen LogP contribution is -2.25. The molecule has 0 saturated heterocycles. The van der Waals surface area contributed by atoms with Gasteiger partial charge in [0.05, 0.1) is 21.0 Å². The normalized spacial score (nSPS) is 13.8.